The van der Waals surface area contributed by atoms with Crippen LogP contribution in [0.5, 0.6) is 0 Å². The molecule has 1 aromatic rings. The van der Waals surface area contributed by atoms with Crippen molar-refractivity contribution in [2.24, 2.45) is 0 Å². The molecule has 1 N–H and O–H groups in total. The fourth-order valence-electron chi connectivity index (χ4n) is 3.04. The van der Waals surface area contributed by atoms with Crippen LogP contribution in [0.2, 0.25) is 0 Å². The number of likely N-dealkylation sites (tertiary alicyclic amines) is 1. The van der Waals surface area contributed by atoms with Crippen LogP contribution in [0.3, 0.4) is 0 Å². The van der Waals surface area contributed by atoms with Gasteiger partial charge in [-0.05, 0) is 24.5 Å². The van der Waals surface area contributed by atoms with Crippen LogP contribution < -0.4 is 5.32 Å². The molecular weight excluding hydrogens is 294 g/mol. The van der Waals surface area contributed by atoms with Gasteiger partial charge in [0.25, 0.3) is 5.91 Å². The van der Waals surface area contributed by atoms with Crippen LogP contribution in [0.4, 0.5) is 4.79 Å². The summed E-state index contributed by atoms with van der Waals surface area (Å²) in [4.78, 5) is 38.9. The van der Waals surface area contributed by atoms with Crippen molar-refractivity contribution in [1.82, 2.24) is 15.1 Å². The molecule has 120 valence electrons. The Labute approximate surface area is 134 Å². The van der Waals surface area contributed by atoms with Gasteiger partial charge in [-0.25, -0.2) is 4.79 Å². The maximum atomic E-state index is 12.2. The van der Waals surface area contributed by atoms with Crippen LogP contribution in [-0.4, -0.2) is 53.3 Å². The third-order valence-corrected chi connectivity index (χ3v) is 4.51. The van der Waals surface area contributed by atoms with Crippen molar-refractivity contribution < 1.29 is 14.4 Å². The van der Waals surface area contributed by atoms with Crippen LogP contribution in [0.25, 0.3) is 6.08 Å². The van der Waals surface area contributed by atoms with E-state index in [0.29, 0.717) is 25.9 Å². The number of hydrogen-bond donors (Lipinski definition) is 1. The predicted molar refractivity (Wildman–Crippen MR) is 85.3 cm³/mol. The van der Waals surface area contributed by atoms with E-state index in [9.17, 15) is 14.4 Å². The molecule has 0 bridgehead atoms. The summed E-state index contributed by atoms with van der Waals surface area (Å²) in [6.45, 7) is 0.912. The van der Waals surface area contributed by atoms with Gasteiger partial charge in [0.05, 0.1) is 0 Å². The van der Waals surface area contributed by atoms with Crippen molar-refractivity contribution in [2.75, 3.05) is 20.1 Å². The lowest BCUT2D eigenvalue weighted by Gasteiger charge is -2.36. The Morgan fingerprint density at radius 1 is 1.17 bits per heavy atom. The molecule has 6 heteroatoms. The lowest BCUT2D eigenvalue weighted by Crippen LogP contribution is -2.55. The first kappa shape index (κ1) is 15.3. The maximum Gasteiger partial charge on any atom is 0.324 e. The minimum absolute atomic E-state index is 0.0752. The lowest BCUT2D eigenvalue weighted by atomic mass is 9.87. The molecule has 0 aromatic heterocycles. The smallest absolute Gasteiger partial charge is 0.324 e. The van der Waals surface area contributed by atoms with E-state index in [1.54, 1.807) is 17.1 Å². The Hall–Kier alpha value is -2.63. The molecule has 2 saturated heterocycles. The van der Waals surface area contributed by atoms with Crippen LogP contribution in [0.1, 0.15) is 18.4 Å². The molecule has 2 heterocycles. The van der Waals surface area contributed by atoms with Crippen molar-refractivity contribution in [1.29, 1.82) is 0 Å². The summed E-state index contributed by atoms with van der Waals surface area (Å²) >= 11 is 0. The van der Waals surface area contributed by atoms with E-state index in [1.165, 1.54) is 7.05 Å². The first-order chi connectivity index (χ1) is 11.0. The summed E-state index contributed by atoms with van der Waals surface area (Å²) in [6, 6.07) is 9.25. The van der Waals surface area contributed by atoms with Crippen LogP contribution in [0.15, 0.2) is 36.4 Å². The van der Waals surface area contributed by atoms with Gasteiger partial charge < -0.3 is 10.2 Å². The molecule has 2 fully saturated rings. The summed E-state index contributed by atoms with van der Waals surface area (Å²) < 4.78 is 0. The number of urea groups is 1. The Bertz CT molecular complexity index is 661. The lowest BCUT2D eigenvalue weighted by molar-refractivity contribution is -0.135. The molecule has 0 unspecified atom stereocenters. The fraction of sp³-hybridized carbons (Fsp3) is 0.353. The van der Waals surface area contributed by atoms with Gasteiger partial charge in [0, 0.05) is 26.2 Å². The number of benzene rings is 1. The van der Waals surface area contributed by atoms with Gasteiger partial charge in [-0.3, -0.25) is 14.5 Å². The van der Waals surface area contributed by atoms with Gasteiger partial charge in [-0.1, -0.05) is 30.3 Å². The Morgan fingerprint density at radius 2 is 1.83 bits per heavy atom. The molecule has 0 radical (unpaired) electrons. The first-order valence-electron chi connectivity index (χ1n) is 7.64. The molecule has 2 aliphatic heterocycles. The highest BCUT2D eigenvalue weighted by molar-refractivity contribution is 6.07. The van der Waals surface area contributed by atoms with E-state index in [0.717, 1.165) is 10.5 Å². The number of nitrogens with zero attached hydrogens (tertiary/aromatic N) is 2. The topological polar surface area (TPSA) is 69.7 Å². The second-order valence-corrected chi connectivity index (χ2v) is 5.95. The standard InChI is InChI=1S/C17H19N3O3/c1-19-15(22)17(18-16(19)23)9-11-20(12-10-17)14(21)8-7-13-5-3-2-4-6-13/h2-8H,9-12H2,1H3,(H,18,23)/b8-7+. The number of nitrogens with one attached hydrogen (secondary N) is 1. The monoisotopic (exact) mass is 313 g/mol. The van der Waals surface area contributed by atoms with E-state index in [-0.39, 0.29) is 17.8 Å². The largest absolute Gasteiger partial charge is 0.339 e. The number of imide groups is 1. The summed E-state index contributed by atoms with van der Waals surface area (Å²) in [6.07, 6.45) is 4.23. The van der Waals surface area contributed by atoms with Crippen molar-refractivity contribution in [2.45, 2.75) is 18.4 Å². The second-order valence-electron chi connectivity index (χ2n) is 5.95. The van der Waals surface area contributed by atoms with E-state index in [2.05, 4.69) is 5.32 Å². The summed E-state index contributed by atoms with van der Waals surface area (Å²) in [5.41, 5.74) is 0.139. The zero-order chi connectivity index (χ0) is 16.4. The average Bonchev–Trinajstić information content (AvgIpc) is 2.78. The fourth-order valence-corrected chi connectivity index (χ4v) is 3.04. The quantitative estimate of drug-likeness (QED) is 0.660. The first-order valence-corrected chi connectivity index (χ1v) is 7.64. The van der Waals surface area contributed by atoms with E-state index >= 15 is 0 Å². The highest BCUT2D eigenvalue weighted by atomic mass is 16.2. The molecular formula is C17H19N3O3. The number of hydrogen-bond acceptors (Lipinski definition) is 3. The molecule has 3 rings (SSSR count). The zero-order valence-corrected chi connectivity index (χ0v) is 13.0. The number of rotatable bonds is 2. The minimum Gasteiger partial charge on any atom is -0.339 e. The zero-order valence-electron chi connectivity index (χ0n) is 13.0. The average molecular weight is 313 g/mol. The molecule has 6 nitrogen and oxygen atoms in total. The van der Waals surface area contributed by atoms with Crippen molar-refractivity contribution in [3.05, 3.63) is 42.0 Å². The third-order valence-electron chi connectivity index (χ3n) is 4.51. The van der Waals surface area contributed by atoms with Crippen molar-refractivity contribution in [3.63, 3.8) is 0 Å². The maximum absolute atomic E-state index is 12.2. The van der Waals surface area contributed by atoms with Gasteiger partial charge in [0.1, 0.15) is 5.54 Å². The predicted octanol–water partition coefficient (Wildman–Crippen LogP) is 1.24. The van der Waals surface area contributed by atoms with Gasteiger partial charge in [-0.15, -0.1) is 0 Å². The van der Waals surface area contributed by atoms with Gasteiger partial charge >= 0.3 is 6.03 Å². The van der Waals surface area contributed by atoms with Gasteiger partial charge in [-0.2, -0.15) is 0 Å². The van der Waals surface area contributed by atoms with Crippen molar-refractivity contribution in [3.8, 4) is 0 Å². The molecule has 0 atom stereocenters. The van der Waals surface area contributed by atoms with Crippen LogP contribution in [0, 0.1) is 0 Å². The summed E-state index contributed by atoms with van der Waals surface area (Å²) in [5, 5.41) is 2.77. The number of carbonyl (C=O) groups excluding carboxylic acids is 3. The molecule has 23 heavy (non-hydrogen) atoms. The molecule has 0 aliphatic carbocycles. The minimum atomic E-state index is -0.828. The number of carbonyl (C=O) groups is 3. The van der Waals surface area contributed by atoms with Gasteiger partial charge in [0.2, 0.25) is 5.91 Å². The number of likely N-dealkylation sites (N-methyl/N-ethyl adjacent to an activating group) is 1. The van der Waals surface area contributed by atoms with Crippen LogP contribution in [-0.2, 0) is 9.59 Å². The van der Waals surface area contributed by atoms with E-state index < -0.39 is 5.54 Å². The highest BCUT2D eigenvalue weighted by Gasteiger charge is 2.51. The van der Waals surface area contributed by atoms with Crippen molar-refractivity contribution >= 4 is 23.9 Å². The Morgan fingerprint density at radius 3 is 2.39 bits per heavy atom. The number of amides is 4. The second kappa shape index (κ2) is 5.87. The van der Waals surface area contributed by atoms with E-state index in [1.807, 2.05) is 30.3 Å². The molecule has 1 spiro atoms. The van der Waals surface area contributed by atoms with Crippen LogP contribution >= 0.6 is 0 Å². The Balaban J connectivity index is 1.61. The molecule has 0 saturated carbocycles. The highest BCUT2D eigenvalue weighted by Crippen LogP contribution is 2.28. The third kappa shape index (κ3) is 2.84. The summed E-state index contributed by atoms with van der Waals surface area (Å²) in [5.74, 6) is -0.275. The normalized spacial score (nSPS) is 20.4. The molecule has 4 amide bonds. The molecule has 1 aromatic carbocycles. The van der Waals surface area contributed by atoms with E-state index in [4.69, 9.17) is 0 Å². The number of piperidine rings is 1. The molecule has 2 aliphatic rings. The van der Waals surface area contributed by atoms with Gasteiger partial charge in [0.15, 0.2) is 0 Å². The Kier molecular flexibility index (Phi) is 3.90. The SMILES string of the molecule is CN1C(=O)NC2(CCN(C(=O)/C=C/c3ccccc3)CC2)C1=O. The summed E-state index contributed by atoms with van der Waals surface area (Å²) in [7, 11) is 1.48.